The van der Waals surface area contributed by atoms with E-state index in [1.165, 1.54) is 14.0 Å². The third kappa shape index (κ3) is 7.10. The molecule has 17 heavy (non-hydrogen) atoms. The van der Waals surface area contributed by atoms with Gasteiger partial charge in [0.25, 0.3) is 0 Å². The molecule has 1 aromatic carbocycles. The maximum Gasteiger partial charge on any atom is 0.313 e. The van der Waals surface area contributed by atoms with Crippen molar-refractivity contribution < 1.29 is 27.5 Å². The van der Waals surface area contributed by atoms with E-state index in [1.807, 2.05) is 0 Å². The zero-order chi connectivity index (χ0) is 13.4. The van der Waals surface area contributed by atoms with Gasteiger partial charge in [-0.3, -0.25) is 9.59 Å². The molecule has 3 nitrogen and oxygen atoms in total. The summed E-state index contributed by atoms with van der Waals surface area (Å²) in [6.07, 6.45) is -0.115. The Bertz CT molecular complexity index is 405. The summed E-state index contributed by atoms with van der Waals surface area (Å²) in [6.45, 7) is 1.34. The summed E-state index contributed by atoms with van der Waals surface area (Å²) >= 11 is 0. The maximum absolute atomic E-state index is 12.0. The van der Waals surface area contributed by atoms with Gasteiger partial charge in [-0.25, -0.2) is 13.2 Å². The van der Waals surface area contributed by atoms with Crippen molar-refractivity contribution in [2.24, 2.45) is 0 Å². The predicted octanol–water partition coefficient (Wildman–Crippen LogP) is 2.24. The smallest absolute Gasteiger partial charge is 0.313 e. The van der Waals surface area contributed by atoms with E-state index < -0.39 is 23.4 Å². The first-order valence-corrected chi connectivity index (χ1v) is 4.53. The third-order valence-electron chi connectivity index (χ3n) is 1.50. The molecule has 0 atom stereocenters. The largest absolute Gasteiger partial charge is 0.469 e. The van der Waals surface area contributed by atoms with Gasteiger partial charge in [0.1, 0.15) is 18.0 Å². The highest BCUT2D eigenvalue weighted by Gasteiger charge is 2.01. The molecule has 0 saturated carbocycles. The second kappa shape index (κ2) is 7.43. The molecule has 0 aliphatic carbocycles. The van der Waals surface area contributed by atoms with Gasteiger partial charge in [-0.15, -0.1) is 0 Å². The van der Waals surface area contributed by atoms with E-state index in [0.29, 0.717) is 6.07 Å². The zero-order valence-electron chi connectivity index (χ0n) is 9.30. The van der Waals surface area contributed by atoms with Crippen LogP contribution in [-0.4, -0.2) is 18.9 Å². The summed E-state index contributed by atoms with van der Waals surface area (Å²) < 4.78 is 40.1. The first kappa shape index (κ1) is 15.2. The number of benzene rings is 1. The van der Waals surface area contributed by atoms with Crippen LogP contribution in [0.4, 0.5) is 13.2 Å². The molecule has 0 amide bonds. The van der Waals surface area contributed by atoms with Crippen LogP contribution < -0.4 is 0 Å². The molecule has 0 bridgehead atoms. The van der Waals surface area contributed by atoms with E-state index in [4.69, 9.17) is 0 Å². The van der Waals surface area contributed by atoms with Crippen molar-refractivity contribution in [3.8, 4) is 0 Å². The molecule has 0 aliphatic rings. The standard InChI is InChI=1S/C6H3F3.C5H8O3/c7-4-1-2-5(8)6(9)3-4;1-4(6)3-5(7)8-2/h1-3H;3H2,1-2H3. The summed E-state index contributed by atoms with van der Waals surface area (Å²) in [4.78, 5) is 20.3. The number of rotatable bonds is 2. The minimum Gasteiger partial charge on any atom is -0.469 e. The summed E-state index contributed by atoms with van der Waals surface area (Å²) in [5.41, 5.74) is 0. The Morgan fingerprint density at radius 1 is 1.18 bits per heavy atom. The van der Waals surface area contributed by atoms with Crippen LogP contribution in [0.2, 0.25) is 0 Å². The maximum atomic E-state index is 12.0. The SMILES string of the molecule is COC(=O)CC(C)=O.Fc1ccc(F)c(F)c1. The van der Waals surface area contributed by atoms with Gasteiger partial charge in [-0.05, 0) is 19.1 Å². The minimum atomic E-state index is -1.16. The predicted molar refractivity (Wildman–Crippen MR) is 53.6 cm³/mol. The molecule has 0 heterocycles. The molecule has 0 saturated heterocycles. The number of ketones is 1. The fourth-order valence-corrected chi connectivity index (χ4v) is 0.746. The van der Waals surface area contributed by atoms with Crippen molar-refractivity contribution in [1.82, 2.24) is 0 Å². The summed E-state index contributed by atoms with van der Waals surface area (Å²) in [5.74, 6) is -3.60. The van der Waals surface area contributed by atoms with Gasteiger partial charge >= 0.3 is 5.97 Å². The Labute approximate surface area is 96.2 Å². The quantitative estimate of drug-likeness (QED) is 0.458. The molecule has 1 aromatic rings. The van der Waals surface area contributed by atoms with Gasteiger partial charge in [0.05, 0.1) is 7.11 Å². The summed E-state index contributed by atoms with van der Waals surface area (Å²) in [7, 11) is 1.26. The normalized spacial score (nSPS) is 9.00. The highest BCUT2D eigenvalue weighted by Crippen LogP contribution is 2.05. The molecule has 0 fully saturated rings. The fraction of sp³-hybridized carbons (Fsp3) is 0.273. The number of hydrogen-bond donors (Lipinski definition) is 0. The average Bonchev–Trinajstić information content (AvgIpc) is 2.24. The van der Waals surface area contributed by atoms with Crippen LogP contribution in [0.5, 0.6) is 0 Å². The second-order valence-electron chi connectivity index (χ2n) is 3.01. The molecule has 0 spiro atoms. The third-order valence-corrected chi connectivity index (χ3v) is 1.50. The van der Waals surface area contributed by atoms with Crippen molar-refractivity contribution in [3.63, 3.8) is 0 Å². The van der Waals surface area contributed by atoms with Gasteiger partial charge in [-0.2, -0.15) is 0 Å². The van der Waals surface area contributed by atoms with E-state index in [2.05, 4.69) is 4.74 Å². The number of halogens is 3. The Kier molecular flexibility index (Phi) is 6.62. The van der Waals surface area contributed by atoms with Crippen LogP contribution in [0.1, 0.15) is 13.3 Å². The van der Waals surface area contributed by atoms with E-state index in [1.54, 1.807) is 0 Å². The van der Waals surface area contributed by atoms with Gasteiger partial charge in [0, 0.05) is 6.07 Å². The van der Waals surface area contributed by atoms with Gasteiger partial charge < -0.3 is 4.74 Å². The number of Topliss-reactive ketones (excluding diaryl/α,β-unsaturated/α-hetero) is 1. The van der Waals surface area contributed by atoms with Crippen LogP contribution in [0.25, 0.3) is 0 Å². The number of methoxy groups -OCH3 is 1. The van der Waals surface area contributed by atoms with E-state index in [9.17, 15) is 22.8 Å². The monoisotopic (exact) mass is 248 g/mol. The molecule has 0 aromatic heterocycles. The number of carbonyl (C=O) groups is 2. The zero-order valence-corrected chi connectivity index (χ0v) is 9.30. The molecule has 0 N–H and O–H groups in total. The number of carbonyl (C=O) groups excluding carboxylic acids is 2. The van der Waals surface area contributed by atoms with Crippen molar-refractivity contribution in [2.45, 2.75) is 13.3 Å². The van der Waals surface area contributed by atoms with Crippen LogP contribution in [-0.2, 0) is 14.3 Å². The highest BCUT2D eigenvalue weighted by molar-refractivity contribution is 5.93. The van der Waals surface area contributed by atoms with Crippen LogP contribution in [0, 0.1) is 17.5 Å². The highest BCUT2D eigenvalue weighted by atomic mass is 19.2. The average molecular weight is 248 g/mol. The first-order valence-electron chi connectivity index (χ1n) is 4.53. The Morgan fingerprint density at radius 3 is 2.06 bits per heavy atom. The number of ether oxygens (including phenoxy) is 1. The van der Waals surface area contributed by atoms with Crippen molar-refractivity contribution in [1.29, 1.82) is 0 Å². The summed E-state index contributed by atoms with van der Waals surface area (Å²) in [6, 6.07) is 2.10. The van der Waals surface area contributed by atoms with Crippen LogP contribution in [0.15, 0.2) is 18.2 Å². The molecule has 0 radical (unpaired) electrons. The number of esters is 1. The molecule has 0 aliphatic heterocycles. The van der Waals surface area contributed by atoms with Crippen LogP contribution >= 0.6 is 0 Å². The first-order chi connectivity index (χ1) is 7.86. The summed E-state index contributed by atoms with van der Waals surface area (Å²) in [5, 5.41) is 0. The van der Waals surface area contributed by atoms with Crippen molar-refractivity contribution in [3.05, 3.63) is 35.7 Å². The molecular weight excluding hydrogens is 237 g/mol. The van der Waals surface area contributed by atoms with Crippen molar-refractivity contribution >= 4 is 11.8 Å². The lowest BCUT2D eigenvalue weighted by atomic mass is 10.3. The van der Waals surface area contributed by atoms with Gasteiger partial charge in [-0.1, -0.05) is 0 Å². The Morgan fingerprint density at radius 2 is 1.76 bits per heavy atom. The molecule has 0 unspecified atom stereocenters. The minimum absolute atomic E-state index is 0.115. The lowest BCUT2D eigenvalue weighted by molar-refractivity contribution is -0.142. The Balaban J connectivity index is 0.000000304. The van der Waals surface area contributed by atoms with E-state index in [-0.39, 0.29) is 12.2 Å². The van der Waals surface area contributed by atoms with E-state index in [0.717, 1.165) is 12.1 Å². The second-order valence-corrected chi connectivity index (χ2v) is 3.01. The van der Waals surface area contributed by atoms with Crippen LogP contribution in [0.3, 0.4) is 0 Å². The molecule has 6 heteroatoms. The number of hydrogen-bond acceptors (Lipinski definition) is 3. The lowest BCUT2D eigenvalue weighted by Crippen LogP contribution is -2.05. The van der Waals surface area contributed by atoms with Gasteiger partial charge in [0.2, 0.25) is 0 Å². The van der Waals surface area contributed by atoms with Gasteiger partial charge in [0.15, 0.2) is 11.6 Å². The molecule has 1 rings (SSSR count). The molecule has 94 valence electrons. The van der Waals surface area contributed by atoms with E-state index >= 15 is 0 Å². The molecular formula is C11H11F3O3. The fourth-order valence-electron chi connectivity index (χ4n) is 0.746. The lowest BCUT2D eigenvalue weighted by Gasteiger charge is -1.90. The topological polar surface area (TPSA) is 43.4 Å². The van der Waals surface area contributed by atoms with Crippen molar-refractivity contribution in [2.75, 3.05) is 7.11 Å². The Hall–Kier alpha value is -1.85.